The third kappa shape index (κ3) is 2.88. The van der Waals surface area contributed by atoms with Crippen LogP contribution < -0.4 is 5.56 Å². The van der Waals surface area contributed by atoms with Crippen LogP contribution in [0.1, 0.15) is 32.7 Å². The number of thioether (sulfide) groups is 1. The van der Waals surface area contributed by atoms with Crippen LogP contribution in [0.15, 0.2) is 34.2 Å². The van der Waals surface area contributed by atoms with Crippen molar-refractivity contribution in [1.82, 2.24) is 9.55 Å². The van der Waals surface area contributed by atoms with Crippen LogP contribution in [0.3, 0.4) is 0 Å². The first-order chi connectivity index (χ1) is 10.6. The Labute approximate surface area is 132 Å². The van der Waals surface area contributed by atoms with Gasteiger partial charge in [0.05, 0.1) is 17.5 Å². The zero-order valence-electron chi connectivity index (χ0n) is 12.6. The van der Waals surface area contributed by atoms with E-state index in [9.17, 15) is 9.59 Å². The molecular formula is C16H18N2O3S. The molecule has 116 valence electrons. The highest BCUT2D eigenvalue weighted by Gasteiger charge is 2.30. The Hall–Kier alpha value is -1.82. The normalized spacial score (nSPS) is 15.7. The van der Waals surface area contributed by atoms with Crippen LogP contribution in [0.5, 0.6) is 0 Å². The largest absolute Gasteiger partial charge is 0.465 e. The standard InChI is InChI=1S/C16H18N2O3S/c1-3-21-15(20)10(2)22-16-17-13-7-5-4-6-12(13)14(19)18(16)11-8-9-11/h4-7,10-11H,3,8-9H2,1-2H3/t10-/m1/s1. The zero-order valence-corrected chi connectivity index (χ0v) is 13.4. The minimum atomic E-state index is -0.391. The minimum absolute atomic E-state index is 0.0216. The fourth-order valence-electron chi connectivity index (χ4n) is 2.33. The van der Waals surface area contributed by atoms with Crippen LogP contribution in [-0.2, 0) is 9.53 Å². The number of carbonyl (C=O) groups excluding carboxylic acids is 1. The van der Waals surface area contributed by atoms with E-state index in [1.54, 1.807) is 24.5 Å². The molecule has 1 saturated carbocycles. The molecule has 1 aliphatic carbocycles. The Balaban J connectivity index is 2.02. The van der Waals surface area contributed by atoms with Crippen LogP contribution in [0, 0.1) is 0 Å². The lowest BCUT2D eigenvalue weighted by atomic mass is 10.2. The van der Waals surface area contributed by atoms with E-state index >= 15 is 0 Å². The monoisotopic (exact) mass is 318 g/mol. The van der Waals surface area contributed by atoms with Gasteiger partial charge in [-0.15, -0.1) is 0 Å². The van der Waals surface area contributed by atoms with Gasteiger partial charge in [0.2, 0.25) is 0 Å². The summed E-state index contributed by atoms with van der Waals surface area (Å²) < 4.78 is 6.77. The van der Waals surface area contributed by atoms with Crippen molar-refractivity contribution in [3.63, 3.8) is 0 Å². The molecule has 1 atom stereocenters. The zero-order chi connectivity index (χ0) is 15.7. The predicted octanol–water partition coefficient (Wildman–Crippen LogP) is 2.78. The van der Waals surface area contributed by atoms with Gasteiger partial charge in [-0.25, -0.2) is 4.98 Å². The molecule has 1 aliphatic rings. The Morgan fingerprint density at radius 3 is 2.86 bits per heavy atom. The summed E-state index contributed by atoms with van der Waals surface area (Å²) in [5.74, 6) is -0.280. The molecule has 0 saturated heterocycles. The fourth-order valence-corrected chi connectivity index (χ4v) is 3.31. The molecule has 3 rings (SSSR count). The Morgan fingerprint density at radius 2 is 2.18 bits per heavy atom. The van der Waals surface area contributed by atoms with Crippen LogP contribution in [0.2, 0.25) is 0 Å². The van der Waals surface area contributed by atoms with Gasteiger partial charge < -0.3 is 4.74 Å². The smallest absolute Gasteiger partial charge is 0.319 e. The lowest BCUT2D eigenvalue weighted by molar-refractivity contribution is -0.142. The molecule has 1 fully saturated rings. The van der Waals surface area contributed by atoms with Gasteiger partial charge in [0.15, 0.2) is 5.16 Å². The number of rotatable bonds is 5. The van der Waals surface area contributed by atoms with Gasteiger partial charge in [0.1, 0.15) is 5.25 Å². The van der Waals surface area contributed by atoms with E-state index in [0.717, 1.165) is 12.8 Å². The molecular weight excluding hydrogens is 300 g/mol. The van der Waals surface area contributed by atoms with E-state index < -0.39 is 5.25 Å². The first kappa shape index (κ1) is 15.1. The topological polar surface area (TPSA) is 61.2 Å². The number of aromatic nitrogens is 2. The van der Waals surface area contributed by atoms with Gasteiger partial charge in [0, 0.05) is 6.04 Å². The summed E-state index contributed by atoms with van der Waals surface area (Å²) in [4.78, 5) is 29.1. The average Bonchev–Trinajstić information content (AvgIpc) is 3.32. The molecule has 0 bridgehead atoms. The van der Waals surface area contributed by atoms with Crippen molar-refractivity contribution >= 4 is 28.6 Å². The van der Waals surface area contributed by atoms with Crippen LogP contribution >= 0.6 is 11.8 Å². The van der Waals surface area contributed by atoms with Gasteiger partial charge in [-0.05, 0) is 38.8 Å². The van der Waals surface area contributed by atoms with Crippen LogP contribution in [-0.4, -0.2) is 27.4 Å². The van der Waals surface area contributed by atoms with E-state index in [0.29, 0.717) is 22.7 Å². The maximum atomic E-state index is 12.7. The maximum absolute atomic E-state index is 12.7. The second kappa shape index (κ2) is 6.12. The van der Waals surface area contributed by atoms with Gasteiger partial charge in [0.25, 0.3) is 5.56 Å². The predicted molar refractivity (Wildman–Crippen MR) is 86.2 cm³/mol. The summed E-state index contributed by atoms with van der Waals surface area (Å²) in [6, 6.07) is 7.54. The van der Waals surface area contributed by atoms with E-state index in [4.69, 9.17) is 4.74 Å². The summed E-state index contributed by atoms with van der Waals surface area (Å²) >= 11 is 1.29. The van der Waals surface area contributed by atoms with Crippen molar-refractivity contribution in [2.45, 2.75) is 43.1 Å². The molecule has 0 N–H and O–H groups in total. The van der Waals surface area contributed by atoms with E-state index in [1.807, 2.05) is 18.2 Å². The number of ether oxygens (including phenoxy) is 1. The Kier molecular flexibility index (Phi) is 4.20. The first-order valence-electron chi connectivity index (χ1n) is 7.46. The molecule has 0 unspecified atom stereocenters. The van der Waals surface area contributed by atoms with E-state index in [1.165, 1.54) is 11.8 Å². The number of hydrogen-bond donors (Lipinski definition) is 0. The summed E-state index contributed by atoms with van der Waals surface area (Å²) in [5.41, 5.74) is 0.648. The van der Waals surface area contributed by atoms with Crippen molar-refractivity contribution in [2.75, 3.05) is 6.61 Å². The quantitative estimate of drug-likeness (QED) is 0.482. The maximum Gasteiger partial charge on any atom is 0.319 e. The van der Waals surface area contributed by atoms with Crippen molar-refractivity contribution in [2.24, 2.45) is 0 Å². The summed E-state index contributed by atoms with van der Waals surface area (Å²) in [6.45, 7) is 3.91. The molecule has 22 heavy (non-hydrogen) atoms. The third-order valence-electron chi connectivity index (χ3n) is 3.59. The van der Waals surface area contributed by atoms with Gasteiger partial charge >= 0.3 is 5.97 Å². The molecule has 5 nitrogen and oxygen atoms in total. The number of carbonyl (C=O) groups is 1. The molecule has 0 amide bonds. The SMILES string of the molecule is CCOC(=O)[C@@H](C)Sc1nc2ccccc2c(=O)n1C1CC1. The van der Waals surface area contributed by atoms with E-state index in [-0.39, 0.29) is 17.6 Å². The molecule has 6 heteroatoms. The summed E-state index contributed by atoms with van der Waals surface area (Å²) in [7, 11) is 0. The second-order valence-corrected chi connectivity index (χ2v) is 6.64. The van der Waals surface area contributed by atoms with Crippen molar-refractivity contribution in [3.8, 4) is 0 Å². The van der Waals surface area contributed by atoms with Crippen molar-refractivity contribution in [3.05, 3.63) is 34.6 Å². The molecule has 2 aromatic rings. The van der Waals surface area contributed by atoms with E-state index in [2.05, 4.69) is 4.98 Å². The molecule has 1 heterocycles. The van der Waals surface area contributed by atoms with Crippen LogP contribution in [0.25, 0.3) is 10.9 Å². The van der Waals surface area contributed by atoms with Crippen LogP contribution in [0.4, 0.5) is 0 Å². The van der Waals surface area contributed by atoms with Gasteiger partial charge in [-0.1, -0.05) is 23.9 Å². The first-order valence-corrected chi connectivity index (χ1v) is 8.34. The summed E-state index contributed by atoms with van der Waals surface area (Å²) in [5, 5.41) is 0.840. The van der Waals surface area contributed by atoms with Crippen molar-refractivity contribution < 1.29 is 9.53 Å². The number of benzene rings is 1. The summed E-state index contributed by atoms with van der Waals surface area (Å²) in [6.07, 6.45) is 1.97. The lowest BCUT2D eigenvalue weighted by Gasteiger charge is -2.15. The van der Waals surface area contributed by atoms with Crippen molar-refractivity contribution in [1.29, 1.82) is 0 Å². The number of esters is 1. The minimum Gasteiger partial charge on any atom is -0.465 e. The lowest BCUT2D eigenvalue weighted by Crippen LogP contribution is -2.24. The number of para-hydroxylation sites is 1. The highest BCUT2D eigenvalue weighted by atomic mass is 32.2. The molecule has 1 aromatic carbocycles. The molecule has 1 aromatic heterocycles. The Morgan fingerprint density at radius 1 is 1.45 bits per heavy atom. The second-order valence-electron chi connectivity index (χ2n) is 5.33. The number of nitrogens with zero attached hydrogens (tertiary/aromatic N) is 2. The average molecular weight is 318 g/mol. The third-order valence-corrected chi connectivity index (χ3v) is 4.63. The molecule has 0 spiro atoms. The highest BCUT2D eigenvalue weighted by molar-refractivity contribution is 8.00. The highest BCUT2D eigenvalue weighted by Crippen LogP contribution is 2.37. The number of fused-ring (bicyclic) bond motifs is 1. The van der Waals surface area contributed by atoms with Gasteiger partial charge in [-0.3, -0.25) is 14.2 Å². The number of hydrogen-bond acceptors (Lipinski definition) is 5. The molecule has 0 radical (unpaired) electrons. The fraction of sp³-hybridized carbons (Fsp3) is 0.438. The molecule has 0 aliphatic heterocycles. The van der Waals surface area contributed by atoms with Gasteiger partial charge in [-0.2, -0.15) is 0 Å². The Bertz CT molecular complexity index is 768.